The first-order valence-electron chi connectivity index (χ1n) is 8.22. The van der Waals surface area contributed by atoms with Gasteiger partial charge in [-0.2, -0.15) is 0 Å². The maximum Gasteiger partial charge on any atom is 0.252 e. The van der Waals surface area contributed by atoms with Gasteiger partial charge >= 0.3 is 0 Å². The molecule has 0 saturated carbocycles. The van der Waals surface area contributed by atoms with E-state index in [4.69, 9.17) is 14.2 Å². The Bertz CT molecular complexity index is 744. The van der Waals surface area contributed by atoms with Crippen molar-refractivity contribution in [3.05, 3.63) is 45.6 Å². The van der Waals surface area contributed by atoms with Crippen molar-refractivity contribution in [2.45, 2.75) is 25.5 Å². The van der Waals surface area contributed by atoms with E-state index in [1.807, 2.05) is 28.5 Å². The lowest BCUT2D eigenvalue weighted by molar-refractivity contribution is -0.143. The SMILES string of the molecule is COc1cc2c(cc1OC)[C@@H](c1cccs1)N(C(=O)[C@@H](C)OC)CC2. The zero-order chi connectivity index (χ0) is 18.0. The monoisotopic (exact) mass is 361 g/mol. The Morgan fingerprint density at radius 1 is 1.24 bits per heavy atom. The summed E-state index contributed by atoms with van der Waals surface area (Å²) in [5.74, 6) is 1.40. The number of carbonyl (C=O) groups excluding carboxylic acids is 1. The van der Waals surface area contributed by atoms with Crippen molar-refractivity contribution < 1.29 is 19.0 Å². The molecule has 0 aliphatic carbocycles. The Morgan fingerprint density at radius 2 is 1.96 bits per heavy atom. The molecule has 0 spiro atoms. The normalized spacial score (nSPS) is 17.8. The summed E-state index contributed by atoms with van der Waals surface area (Å²) < 4.78 is 16.2. The van der Waals surface area contributed by atoms with E-state index in [1.165, 1.54) is 5.56 Å². The molecule has 134 valence electrons. The van der Waals surface area contributed by atoms with Crippen LogP contribution in [0.25, 0.3) is 0 Å². The Hall–Kier alpha value is -2.05. The fraction of sp³-hybridized carbons (Fsp3) is 0.421. The highest BCUT2D eigenvalue weighted by Gasteiger charge is 2.35. The zero-order valence-electron chi connectivity index (χ0n) is 14.9. The van der Waals surface area contributed by atoms with Gasteiger partial charge in [-0.3, -0.25) is 4.79 Å². The number of rotatable bonds is 5. The van der Waals surface area contributed by atoms with Gasteiger partial charge in [0.05, 0.1) is 20.3 Å². The fourth-order valence-corrected chi connectivity index (χ4v) is 4.13. The maximum atomic E-state index is 12.9. The van der Waals surface area contributed by atoms with Crippen molar-refractivity contribution in [3.8, 4) is 11.5 Å². The van der Waals surface area contributed by atoms with Gasteiger partial charge in [-0.25, -0.2) is 0 Å². The van der Waals surface area contributed by atoms with Gasteiger partial charge in [0.1, 0.15) is 6.10 Å². The number of methoxy groups -OCH3 is 3. The molecule has 2 heterocycles. The highest BCUT2D eigenvalue weighted by Crippen LogP contribution is 2.42. The lowest BCUT2D eigenvalue weighted by Crippen LogP contribution is -2.45. The number of ether oxygens (including phenoxy) is 3. The first-order chi connectivity index (χ1) is 12.1. The quantitative estimate of drug-likeness (QED) is 0.820. The van der Waals surface area contributed by atoms with Gasteiger partial charge in [0, 0.05) is 18.5 Å². The average molecular weight is 361 g/mol. The number of nitrogens with zero attached hydrogens (tertiary/aromatic N) is 1. The molecule has 2 atom stereocenters. The standard InChI is InChI=1S/C19H23NO4S/c1-12(22-2)19(21)20-8-7-13-10-15(23-3)16(24-4)11-14(13)18(20)17-6-5-9-25-17/h5-6,9-12,18H,7-8H2,1-4H3/t12-,18+/m1/s1. The van der Waals surface area contributed by atoms with Crippen LogP contribution in [0.5, 0.6) is 11.5 Å². The van der Waals surface area contributed by atoms with E-state index in [1.54, 1.807) is 39.6 Å². The van der Waals surface area contributed by atoms with Crippen LogP contribution in [-0.2, 0) is 16.0 Å². The summed E-state index contributed by atoms with van der Waals surface area (Å²) in [6.45, 7) is 2.44. The molecule has 1 aromatic carbocycles. The summed E-state index contributed by atoms with van der Waals surface area (Å²) in [6, 6.07) is 7.97. The predicted molar refractivity (Wildman–Crippen MR) is 97.6 cm³/mol. The molecule has 1 aromatic heterocycles. The van der Waals surface area contributed by atoms with Gasteiger partial charge < -0.3 is 19.1 Å². The molecule has 3 rings (SSSR count). The predicted octanol–water partition coefficient (Wildman–Crippen LogP) is 3.27. The van der Waals surface area contributed by atoms with E-state index in [-0.39, 0.29) is 11.9 Å². The summed E-state index contributed by atoms with van der Waals surface area (Å²) in [5.41, 5.74) is 2.27. The lowest BCUT2D eigenvalue weighted by Gasteiger charge is -2.38. The second kappa shape index (κ2) is 7.45. The van der Waals surface area contributed by atoms with E-state index in [0.29, 0.717) is 12.3 Å². The second-order valence-corrected chi connectivity index (χ2v) is 6.96. The summed E-state index contributed by atoms with van der Waals surface area (Å²) in [6.07, 6.45) is 0.309. The highest BCUT2D eigenvalue weighted by atomic mass is 32.1. The zero-order valence-corrected chi connectivity index (χ0v) is 15.8. The van der Waals surface area contributed by atoms with Crippen LogP contribution in [0.4, 0.5) is 0 Å². The second-order valence-electron chi connectivity index (χ2n) is 5.98. The summed E-state index contributed by atoms with van der Waals surface area (Å²) in [7, 11) is 4.83. The summed E-state index contributed by atoms with van der Waals surface area (Å²) in [5, 5.41) is 2.03. The molecule has 0 bridgehead atoms. The van der Waals surface area contributed by atoms with Crippen molar-refractivity contribution in [2.75, 3.05) is 27.9 Å². The van der Waals surface area contributed by atoms with Crippen LogP contribution in [0, 0.1) is 0 Å². The Morgan fingerprint density at radius 3 is 2.56 bits per heavy atom. The third kappa shape index (κ3) is 3.24. The number of amides is 1. The van der Waals surface area contributed by atoms with Gasteiger partial charge in [-0.05, 0) is 48.1 Å². The number of carbonyl (C=O) groups is 1. The molecular formula is C19H23NO4S. The van der Waals surface area contributed by atoms with E-state index in [9.17, 15) is 4.79 Å². The van der Waals surface area contributed by atoms with Crippen LogP contribution in [0.1, 0.15) is 29.0 Å². The molecule has 1 aliphatic heterocycles. The van der Waals surface area contributed by atoms with Crippen molar-refractivity contribution in [2.24, 2.45) is 0 Å². The topological polar surface area (TPSA) is 48.0 Å². The fourth-order valence-electron chi connectivity index (χ4n) is 3.27. The molecular weight excluding hydrogens is 338 g/mol. The molecule has 6 heteroatoms. The number of thiophene rings is 1. The number of benzene rings is 1. The molecule has 0 radical (unpaired) electrons. The summed E-state index contributed by atoms with van der Waals surface area (Å²) in [4.78, 5) is 15.9. The van der Waals surface area contributed by atoms with Crippen molar-refractivity contribution in [3.63, 3.8) is 0 Å². The molecule has 2 aromatic rings. The van der Waals surface area contributed by atoms with Crippen LogP contribution >= 0.6 is 11.3 Å². The lowest BCUT2D eigenvalue weighted by atomic mass is 9.90. The van der Waals surface area contributed by atoms with E-state index in [0.717, 1.165) is 22.6 Å². The third-order valence-corrected chi connectivity index (χ3v) is 5.60. The molecule has 0 N–H and O–H groups in total. The number of hydrogen-bond donors (Lipinski definition) is 0. The van der Waals surface area contributed by atoms with Crippen molar-refractivity contribution in [1.29, 1.82) is 0 Å². The average Bonchev–Trinajstić information content (AvgIpc) is 3.18. The maximum absolute atomic E-state index is 12.9. The third-order valence-electron chi connectivity index (χ3n) is 4.67. The van der Waals surface area contributed by atoms with E-state index < -0.39 is 6.10 Å². The number of hydrogen-bond acceptors (Lipinski definition) is 5. The Kier molecular flexibility index (Phi) is 5.30. The van der Waals surface area contributed by atoms with Crippen molar-refractivity contribution >= 4 is 17.2 Å². The minimum Gasteiger partial charge on any atom is -0.493 e. The largest absolute Gasteiger partial charge is 0.493 e. The molecule has 1 aliphatic rings. The minimum absolute atomic E-state index is 0.00124. The molecule has 0 saturated heterocycles. The first kappa shape index (κ1) is 17.8. The molecule has 25 heavy (non-hydrogen) atoms. The van der Waals surface area contributed by atoms with Gasteiger partial charge in [0.25, 0.3) is 5.91 Å². The Balaban J connectivity index is 2.11. The van der Waals surface area contributed by atoms with Gasteiger partial charge in [0.2, 0.25) is 0 Å². The van der Waals surface area contributed by atoms with Gasteiger partial charge in [0.15, 0.2) is 11.5 Å². The smallest absolute Gasteiger partial charge is 0.252 e. The molecule has 0 unspecified atom stereocenters. The molecule has 0 fully saturated rings. The highest BCUT2D eigenvalue weighted by molar-refractivity contribution is 7.10. The van der Waals surface area contributed by atoms with Gasteiger partial charge in [-0.15, -0.1) is 11.3 Å². The van der Waals surface area contributed by atoms with Crippen LogP contribution in [0.3, 0.4) is 0 Å². The van der Waals surface area contributed by atoms with Crippen LogP contribution in [-0.4, -0.2) is 44.8 Å². The van der Waals surface area contributed by atoms with Gasteiger partial charge in [-0.1, -0.05) is 6.07 Å². The first-order valence-corrected chi connectivity index (χ1v) is 9.10. The van der Waals surface area contributed by atoms with E-state index >= 15 is 0 Å². The van der Waals surface area contributed by atoms with Crippen LogP contribution in [0.2, 0.25) is 0 Å². The molecule has 1 amide bonds. The number of fused-ring (bicyclic) bond motifs is 1. The van der Waals surface area contributed by atoms with Crippen LogP contribution < -0.4 is 9.47 Å². The molecule has 5 nitrogen and oxygen atoms in total. The van der Waals surface area contributed by atoms with Crippen molar-refractivity contribution in [1.82, 2.24) is 4.90 Å². The minimum atomic E-state index is -0.468. The Labute approximate surface area is 152 Å². The van der Waals surface area contributed by atoms with Crippen LogP contribution in [0.15, 0.2) is 29.6 Å². The van der Waals surface area contributed by atoms with E-state index in [2.05, 4.69) is 6.07 Å². The summed E-state index contributed by atoms with van der Waals surface area (Å²) >= 11 is 1.65.